The molecule has 0 bridgehead atoms. The third kappa shape index (κ3) is 2.32. The Morgan fingerprint density at radius 2 is 2.00 bits per heavy atom. The van der Waals surface area contributed by atoms with Crippen LogP contribution in [0.5, 0.6) is 5.75 Å². The number of carbonyl (C=O) groups is 1. The number of nitrogens with zero attached hydrogens (tertiary/aromatic N) is 1. The predicted molar refractivity (Wildman–Crippen MR) is 89.8 cm³/mol. The van der Waals surface area contributed by atoms with Crippen molar-refractivity contribution in [1.82, 2.24) is 0 Å². The number of nitrogens with one attached hydrogen (secondary N) is 1. The average Bonchev–Trinajstić information content (AvgIpc) is 2.93. The quantitative estimate of drug-likeness (QED) is 0.906. The maximum Gasteiger partial charge on any atom is 0.264 e. The standard InChI is InChI=1S/C17H16N2O4S/c1-11-10-19(15-4-2-3-5-16(15)23-11)24(21,22)13-6-7-14-12(8-13)9-17(20)18-14/h2-8,11H,9-10H2,1H3,(H,18,20). The van der Waals surface area contributed by atoms with Gasteiger partial charge in [-0.15, -0.1) is 0 Å². The Morgan fingerprint density at radius 3 is 2.83 bits per heavy atom. The fraction of sp³-hybridized carbons (Fsp3) is 0.235. The predicted octanol–water partition coefficient (Wildman–Crippen LogP) is 2.16. The molecule has 24 heavy (non-hydrogen) atoms. The minimum atomic E-state index is -3.73. The lowest BCUT2D eigenvalue weighted by atomic mass is 10.2. The first-order valence-electron chi connectivity index (χ1n) is 7.66. The van der Waals surface area contributed by atoms with E-state index in [-0.39, 0.29) is 29.9 Å². The Morgan fingerprint density at radius 1 is 1.21 bits per heavy atom. The van der Waals surface area contributed by atoms with Crippen molar-refractivity contribution in [3.63, 3.8) is 0 Å². The highest BCUT2D eigenvalue weighted by atomic mass is 32.2. The highest BCUT2D eigenvalue weighted by Gasteiger charge is 2.33. The van der Waals surface area contributed by atoms with Crippen molar-refractivity contribution >= 4 is 27.3 Å². The van der Waals surface area contributed by atoms with Crippen LogP contribution >= 0.6 is 0 Å². The van der Waals surface area contributed by atoms with E-state index in [0.717, 1.165) is 0 Å². The van der Waals surface area contributed by atoms with E-state index in [1.54, 1.807) is 30.3 Å². The van der Waals surface area contributed by atoms with Gasteiger partial charge in [0.1, 0.15) is 11.9 Å². The second-order valence-electron chi connectivity index (χ2n) is 5.98. The van der Waals surface area contributed by atoms with Crippen molar-refractivity contribution in [2.24, 2.45) is 0 Å². The Labute approximate surface area is 140 Å². The number of hydrogen-bond donors (Lipinski definition) is 1. The van der Waals surface area contributed by atoms with E-state index in [0.29, 0.717) is 22.7 Å². The number of fused-ring (bicyclic) bond motifs is 2. The van der Waals surface area contributed by atoms with Crippen molar-refractivity contribution in [1.29, 1.82) is 0 Å². The minimum Gasteiger partial charge on any atom is -0.487 e. The molecular formula is C17H16N2O4S. The first-order valence-corrected chi connectivity index (χ1v) is 9.10. The van der Waals surface area contributed by atoms with Crippen molar-refractivity contribution in [3.8, 4) is 5.75 Å². The average molecular weight is 344 g/mol. The molecule has 2 aromatic rings. The van der Waals surface area contributed by atoms with Crippen LogP contribution in [0, 0.1) is 0 Å². The van der Waals surface area contributed by atoms with Gasteiger partial charge >= 0.3 is 0 Å². The van der Waals surface area contributed by atoms with Gasteiger partial charge in [-0.1, -0.05) is 12.1 Å². The molecule has 0 spiro atoms. The molecule has 0 aromatic heterocycles. The molecule has 7 heteroatoms. The van der Waals surface area contributed by atoms with Crippen molar-refractivity contribution in [3.05, 3.63) is 48.0 Å². The Hall–Kier alpha value is -2.54. The molecule has 0 radical (unpaired) electrons. The summed E-state index contributed by atoms with van der Waals surface area (Å²) in [7, 11) is -3.73. The molecule has 2 aliphatic heterocycles. The lowest BCUT2D eigenvalue weighted by molar-refractivity contribution is -0.115. The van der Waals surface area contributed by atoms with Gasteiger partial charge in [-0.05, 0) is 42.8 Å². The summed E-state index contributed by atoms with van der Waals surface area (Å²) in [4.78, 5) is 11.7. The molecule has 124 valence electrons. The van der Waals surface area contributed by atoms with Gasteiger partial charge in [0.2, 0.25) is 5.91 Å². The molecule has 1 N–H and O–H groups in total. The molecule has 2 heterocycles. The van der Waals surface area contributed by atoms with Gasteiger partial charge in [0.15, 0.2) is 0 Å². The van der Waals surface area contributed by atoms with Crippen LogP contribution in [-0.4, -0.2) is 27.0 Å². The molecule has 4 rings (SSSR count). The van der Waals surface area contributed by atoms with E-state index in [1.165, 1.54) is 10.4 Å². The van der Waals surface area contributed by atoms with E-state index in [2.05, 4.69) is 5.32 Å². The molecule has 0 saturated heterocycles. The highest BCUT2D eigenvalue weighted by molar-refractivity contribution is 7.92. The van der Waals surface area contributed by atoms with Crippen LogP contribution in [0.15, 0.2) is 47.4 Å². The largest absolute Gasteiger partial charge is 0.487 e. The van der Waals surface area contributed by atoms with E-state index < -0.39 is 10.0 Å². The van der Waals surface area contributed by atoms with Gasteiger partial charge in [-0.2, -0.15) is 0 Å². The summed E-state index contributed by atoms with van der Waals surface area (Å²) < 4.78 is 33.4. The van der Waals surface area contributed by atoms with E-state index in [4.69, 9.17) is 4.74 Å². The van der Waals surface area contributed by atoms with Crippen molar-refractivity contribution < 1.29 is 17.9 Å². The molecule has 6 nitrogen and oxygen atoms in total. The highest BCUT2D eigenvalue weighted by Crippen LogP contribution is 2.37. The first kappa shape index (κ1) is 15.0. The molecule has 1 amide bonds. The monoisotopic (exact) mass is 344 g/mol. The van der Waals surface area contributed by atoms with Gasteiger partial charge in [-0.25, -0.2) is 8.42 Å². The summed E-state index contributed by atoms with van der Waals surface area (Å²) in [6.07, 6.45) is -0.0400. The summed E-state index contributed by atoms with van der Waals surface area (Å²) in [6, 6.07) is 11.8. The molecule has 2 aromatic carbocycles. The number of para-hydroxylation sites is 2. The van der Waals surface area contributed by atoms with Crippen molar-refractivity contribution in [2.45, 2.75) is 24.3 Å². The Bertz CT molecular complexity index is 939. The maximum absolute atomic E-state index is 13.1. The number of benzene rings is 2. The van der Waals surface area contributed by atoms with Gasteiger partial charge in [0, 0.05) is 5.69 Å². The molecule has 2 aliphatic rings. The Kier molecular flexibility index (Phi) is 3.28. The number of ether oxygens (including phenoxy) is 1. The third-order valence-electron chi connectivity index (χ3n) is 4.17. The lowest BCUT2D eigenvalue weighted by Gasteiger charge is -2.34. The van der Waals surface area contributed by atoms with Crippen LogP contribution < -0.4 is 14.4 Å². The summed E-state index contributed by atoms with van der Waals surface area (Å²) in [5.74, 6) is 0.433. The zero-order chi connectivity index (χ0) is 16.9. The topological polar surface area (TPSA) is 75.7 Å². The van der Waals surface area contributed by atoms with E-state index in [9.17, 15) is 13.2 Å². The van der Waals surface area contributed by atoms with Gasteiger partial charge in [0.05, 0.1) is 23.5 Å². The summed E-state index contributed by atoms with van der Waals surface area (Å²) >= 11 is 0. The van der Waals surface area contributed by atoms with Gasteiger partial charge < -0.3 is 10.1 Å². The second-order valence-corrected chi connectivity index (χ2v) is 7.84. The lowest BCUT2D eigenvalue weighted by Crippen LogP contribution is -2.42. The van der Waals surface area contributed by atoms with E-state index in [1.807, 2.05) is 13.0 Å². The second kappa shape index (κ2) is 5.24. The smallest absolute Gasteiger partial charge is 0.264 e. The molecule has 0 fully saturated rings. The number of hydrogen-bond acceptors (Lipinski definition) is 4. The van der Waals surface area contributed by atoms with Gasteiger partial charge in [0.25, 0.3) is 10.0 Å². The van der Waals surface area contributed by atoms with Crippen LogP contribution in [0.25, 0.3) is 0 Å². The SMILES string of the molecule is CC1CN(S(=O)(=O)c2ccc3c(c2)CC(=O)N3)c2ccccc2O1. The number of rotatable bonds is 2. The summed E-state index contributed by atoms with van der Waals surface area (Å²) in [5, 5.41) is 2.71. The van der Waals surface area contributed by atoms with Crippen LogP contribution in [0.3, 0.4) is 0 Å². The minimum absolute atomic E-state index is 0.120. The zero-order valence-electron chi connectivity index (χ0n) is 13.0. The summed E-state index contributed by atoms with van der Waals surface area (Å²) in [6.45, 7) is 2.08. The molecular weight excluding hydrogens is 328 g/mol. The maximum atomic E-state index is 13.1. The normalized spacial score (nSPS) is 19.3. The zero-order valence-corrected chi connectivity index (χ0v) is 13.8. The summed E-state index contributed by atoms with van der Waals surface area (Å²) in [5.41, 5.74) is 1.91. The molecule has 0 aliphatic carbocycles. The number of sulfonamides is 1. The number of amides is 1. The Balaban J connectivity index is 1.79. The molecule has 1 unspecified atom stereocenters. The van der Waals surface area contributed by atoms with Crippen LogP contribution in [-0.2, 0) is 21.2 Å². The third-order valence-corrected chi connectivity index (χ3v) is 5.95. The first-order chi connectivity index (χ1) is 11.4. The van der Waals surface area contributed by atoms with Crippen LogP contribution in [0.4, 0.5) is 11.4 Å². The fourth-order valence-corrected chi connectivity index (χ4v) is 4.67. The van der Waals surface area contributed by atoms with Crippen LogP contribution in [0.2, 0.25) is 0 Å². The number of carbonyl (C=O) groups excluding carboxylic acids is 1. The van der Waals surface area contributed by atoms with E-state index >= 15 is 0 Å². The van der Waals surface area contributed by atoms with Gasteiger partial charge in [-0.3, -0.25) is 9.10 Å². The van der Waals surface area contributed by atoms with Crippen LogP contribution in [0.1, 0.15) is 12.5 Å². The fourth-order valence-electron chi connectivity index (χ4n) is 3.07. The number of anilines is 2. The van der Waals surface area contributed by atoms with Crippen molar-refractivity contribution in [2.75, 3.05) is 16.2 Å². The molecule has 1 atom stereocenters. The molecule has 0 saturated carbocycles.